The summed E-state index contributed by atoms with van der Waals surface area (Å²) < 4.78 is 12.7. The second-order valence-electron chi connectivity index (χ2n) is 7.11. The number of aryl methyl sites for hydroxylation is 1. The molecule has 2 aromatic rings. The minimum Gasteiger partial charge on any atom is -0.379 e. The maximum absolute atomic E-state index is 12.7. The van der Waals surface area contributed by atoms with Crippen molar-refractivity contribution in [3.05, 3.63) is 53.3 Å². The molecule has 1 aliphatic rings. The lowest BCUT2D eigenvalue weighted by Gasteiger charge is -2.17. The van der Waals surface area contributed by atoms with Crippen LogP contribution in [0.1, 0.15) is 29.5 Å². The van der Waals surface area contributed by atoms with Crippen molar-refractivity contribution in [1.82, 2.24) is 20.4 Å². The Labute approximate surface area is 178 Å². The van der Waals surface area contributed by atoms with E-state index in [1.54, 1.807) is 4.68 Å². The third-order valence-electron chi connectivity index (χ3n) is 5.01. The van der Waals surface area contributed by atoms with Crippen molar-refractivity contribution < 1.29 is 14.3 Å². The van der Waals surface area contributed by atoms with Gasteiger partial charge < -0.3 is 20.1 Å². The third-order valence-corrected chi connectivity index (χ3v) is 5.01. The molecule has 1 fully saturated rings. The van der Waals surface area contributed by atoms with Crippen molar-refractivity contribution in [2.24, 2.45) is 13.0 Å². The van der Waals surface area contributed by atoms with Gasteiger partial charge in [-0.2, -0.15) is 5.10 Å². The van der Waals surface area contributed by atoms with E-state index in [0.717, 1.165) is 23.2 Å². The van der Waals surface area contributed by atoms with Gasteiger partial charge in [0.1, 0.15) is 0 Å². The summed E-state index contributed by atoms with van der Waals surface area (Å²) in [6.45, 7) is 6.43. The molecule has 1 aromatic heterocycles. The van der Waals surface area contributed by atoms with Crippen LogP contribution in [0.25, 0.3) is 0 Å². The summed E-state index contributed by atoms with van der Waals surface area (Å²) >= 11 is 0. The average molecular weight is 423 g/mol. The molecule has 1 aromatic carbocycles. The van der Waals surface area contributed by atoms with Gasteiger partial charge in [-0.1, -0.05) is 24.3 Å². The lowest BCUT2D eigenvalue weighted by atomic mass is 9.90. The van der Waals surface area contributed by atoms with Crippen LogP contribution in [-0.4, -0.2) is 48.6 Å². The Kier molecular flexibility index (Phi) is 9.60. The Hall–Kier alpha value is -1.93. The van der Waals surface area contributed by atoms with Gasteiger partial charge in [0.15, 0.2) is 0 Å². The van der Waals surface area contributed by atoms with E-state index in [2.05, 4.69) is 21.8 Å². The topological polar surface area (TPSA) is 77.4 Å². The number of carbonyl (C=O) groups excluding carboxylic acids is 1. The van der Waals surface area contributed by atoms with Crippen LogP contribution < -0.4 is 10.6 Å². The molecule has 2 N–H and O–H groups in total. The average Bonchev–Trinajstić information content (AvgIpc) is 3.35. The van der Waals surface area contributed by atoms with Crippen LogP contribution in [0.3, 0.4) is 0 Å². The molecule has 8 heteroatoms. The van der Waals surface area contributed by atoms with Crippen LogP contribution in [0.2, 0.25) is 0 Å². The van der Waals surface area contributed by atoms with Gasteiger partial charge in [-0.05, 0) is 23.6 Å². The van der Waals surface area contributed by atoms with E-state index in [1.165, 1.54) is 0 Å². The zero-order chi connectivity index (χ0) is 19.8. The molecule has 2 heterocycles. The highest BCUT2D eigenvalue weighted by Crippen LogP contribution is 2.27. The van der Waals surface area contributed by atoms with Gasteiger partial charge in [0.2, 0.25) is 5.91 Å². The monoisotopic (exact) mass is 422 g/mol. The van der Waals surface area contributed by atoms with Crippen LogP contribution >= 0.6 is 12.4 Å². The lowest BCUT2D eigenvalue weighted by Crippen LogP contribution is -2.34. The second kappa shape index (κ2) is 11.9. The number of halogens is 1. The number of nitrogens with one attached hydrogen (secondary N) is 2. The minimum absolute atomic E-state index is 0. The summed E-state index contributed by atoms with van der Waals surface area (Å²) in [5, 5.41) is 10.7. The smallest absolute Gasteiger partial charge is 0.225 e. The maximum Gasteiger partial charge on any atom is 0.225 e. The van der Waals surface area contributed by atoms with Gasteiger partial charge in [0.05, 0.1) is 31.9 Å². The predicted octanol–water partition coefficient (Wildman–Crippen LogP) is 2.01. The van der Waals surface area contributed by atoms with Crippen LogP contribution in [0.5, 0.6) is 0 Å². The molecule has 160 valence electrons. The van der Waals surface area contributed by atoms with E-state index < -0.39 is 0 Å². The summed E-state index contributed by atoms with van der Waals surface area (Å²) in [6, 6.07) is 8.13. The highest BCUT2D eigenvalue weighted by Gasteiger charge is 2.34. The molecule has 1 amide bonds. The molecule has 3 rings (SSSR count). The molecular weight excluding hydrogens is 392 g/mol. The standard InChI is InChI=1S/C21H30N4O3.ClH/c1-3-27-7-8-28-15-17-6-4-5-16(9-17)10-23-21(26)20-13-22-12-19(20)18-11-24-25(2)14-18;/h4-6,9,11,14,19-20,22H,3,7-8,10,12-13,15H2,1-2H3,(H,23,26);1H/t19-,20+;/m1./s1. The van der Waals surface area contributed by atoms with E-state index >= 15 is 0 Å². The quantitative estimate of drug-likeness (QED) is 0.573. The molecule has 1 saturated heterocycles. The fourth-order valence-electron chi connectivity index (χ4n) is 3.54. The normalized spacial score (nSPS) is 18.4. The number of benzene rings is 1. The molecule has 7 nitrogen and oxygen atoms in total. The number of nitrogens with zero attached hydrogens (tertiary/aromatic N) is 2. The van der Waals surface area contributed by atoms with Gasteiger partial charge in [0, 0.05) is 45.4 Å². The molecule has 29 heavy (non-hydrogen) atoms. The van der Waals surface area contributed by atoms with Crippen LogP contribution in [0.15, 0.2) is 36.7 Å². The number of aromatic nitrogens is 2. The molecule has 0 unspecified atom stereocenters. The summed E-state index contributed by atoms with van der Waals surface area (Å²) in [5.41, 5.74) is 3.28. The molecular formula is C21H31ClN4O3. The van der Waals surface area contributed by atoms with E-state index in [1.807, 2.05) is 44.6 Å². The Balaban J connectivity index is 0.00000300. The highest BCUT2D eigenvalue weighted by molar-refractivity contribution is 5.85. The first-order chi connectivity index (χ1) is 13.7. The number of amides is 1. The number of hydrogen-bond acceptors (Lipinski definition) is 5. The predicted molar refractivity (Wildman–Crippen MR) is 114 cm³/mol. The van der Waals surface area contributed by atoms with Crippen LogP contribution in [-0.2, 0) is 34.5 Å². The third kappa shape index (κ3) is 6.82. The molecule has 0 spiro atoms. The first-order valence-electron chi connectivity index (χ1n) is 9.87. The fraction of sp³-hybridized carbons (Fsp3) is 0.524. The van der Waals surface area contributed by atoms with Gasteiger partial charge in [-0.25, -0.2) is 0 Å². The first-order valence-corrected chi connectivity index (χ1v) is 9.87. The largest absolute Gasteiger partial charge is 0.379 e. The number of ether oxygens (including phenoxy) is 2. The Morgan fingerprint density at radius 1 is 1.28 bits per heavy atom. The van der Waals surface area contributed by atoms with E-state index in [0.29, 0.717) is 39.5 Å². The van der Waals surface area contributed by atoms with E-state index in [-0.39, 0.29) is 30.2 Å². The summed E-state index contributed by atoms with van der Waals surface area (Å²) in [6.07, 6.45) is 3.85. The molecule has 2 atom stereocenters. The van der Waals surface area contributed by atoms with Crippen LogP contribution in [0.4, 0.5) is 0 Å². The lowest BCUT2D eigenvalue weighted by molar-refractivity contribution is -0.125. The maximum atomic E-state index is 12.7. The summed E-state index contributed by atoms with van der Waals surface area (Å²) in [5.74, 6) is 0.172. The SMILES string of the molecule is CCOCCOCc1cccc(CNC(=O)[C@H]2CNC[C@@H]2c2cnn(C)c2)c1.Cl. The van der Waals surface area contributed by atoms with Crippen molar-refractivity contribution in [3.63, 3.8) is 0 Å². The van der Waals surface area contributed by atoms with E-state index in [4.69, 9.17) is 9.47 Å². The van der Waals surface area contributed by atoms with E-state index in [9.17, 15) is 4.79 Å². The Morgan fingerprint density at radius 3 is 2.83 bits per heavy atom. The number of carbonyl (C=O) groups is 1. The Bertz CT molecular complexity index is 768. The van der Waals surface area contributed by atoms with Crippen molar-refractivity contribution >= 4 is 18.3 Å². The van der Waals surface area contributed by atoms with Gasteiger partial charge in [-0.15, -0.1) is 12.4 Å². The zero-order valence-corrected chi connectivity index (χ0v) is 17.9. The van der Waals surface area contributed by atoms with Gasteiger partial charge in [-0.3, -0.25) is 9.48 Å². The molecule has 1 aliphatic heterocycles. The van der Waals surface area contributed by atoms with Crippen molar-refractivity contribution in [3.8, 4) is 0 Å². The van der Waals surface area contributed by atoms with Crippen molar-refractivity contribution in [1.29, 1.82) is 0 Å². The van der Waals surface area contributed by atoms with Crippen molar-refractivity contribution in [2.75, 3.05) is 32.9 Å². The Morgan fingerprint density at radius 2 is 2.07 bits per heavy atom. The molecule has 0 bridgehead atoms. The second-order valence-corrected chi connectivity index (χ2v) is 7.11. The molecule has 0 aliphatic carbocycles. The van der Waals surface area contributed by atoms with Gasteiger partial charge in [0.25, 0.3) is 0 Å². The summed E-state index contributed by atoms with van der Waals surface area (Å²) in [4.78, 5) is 12.7. The highest BCUT2D eigenvalue weighted by atomic mass is 35.5. The van der Waals surface area contributed by atoms with Crippen molar-refractivity contribution in [2.45, 2.75) is 26.0 Å². The molecule has 0 saturated carbocycles. The number of rotatable bonds is 10. The van der Waals surface area contributed by atoms with Gasteiger partial charge >= 0.3 is 0 Å². The first kappa shape index (κ1) is 23.3. The molecule has 0 radical (unpaired) electrons. The number of hydrogen-bond donors (Lipinski definition) is 2. The fourth-order valence-corrected chi connectivity index (χ4v) is 3.54. The summed E-state index contributed by atoms with van der Waals surface area (Å²) in [7, 11) is 1.90. The minimum atomic E-state index is -0.0747. The van der Waals surface area contributed by atoms with Crippen LogP contribution in [0, 0.1) is 5.92 Å². The zero-order valence-electron chi connectivity index (χ0n) is 17.1.